The van der Waals surface area contributed by atoms with E-state index in [1.54, 1.807) is 48.6 Å². The number of phenols is 1. The second-order valence-corrected chi connectivity index (χ2v) is 5.90. The zero-order chi connectivity index (χ0) is 18.4. The van der Waals surface area contributed by atoms with Gasteiger partial charge in [0.2, 0.25) is 6.10 Å². The number of allylic oxidation sites excluding steroid dienone is 2. The van der Waals surface area contributed by atoms with Gasteiger partial charge in [0.25, 0.3) is 0 Å². The van der Waals surface area contributed by atoms with Crippen LogP contribution in [-0.2, 0) is 17.6 Å². The van der Waals surface area contributed by atoms with Crippen LogP contribution in [0.15, 0.2) is 61.7 Å². The highest BCUT2D eigenvalue weighted by atomic mass is 35.5. The molecule has 25 heavy (non-hydrogen) atoms. The van der Waals surface area contributed by atoms with E-state index < -0.39 is 12.1 Å². The van der Waals surface area contributed by atoms with Gasteiger partial charge in [-0.1, -0.05) is 35.9 Å². The third-order valence-corrected chi connectivity index (χ3v) is 3.84. The van der Waals surface area contributed by atoms with E-state index in [0.717, 1.165) is 0 Å². The van der Waals surface area contributed by atoms with Crippen molar-refractivity contribution in [3.05, 3.63) is 83.4 Å². The van der Waals surface area contributed by atoms with Crippen LogP contribution in [0, 0.1) is 0 Å². The average Bonchev–Trinajstić information content (AvgIpc) is 2.55. The molecule has 2 N–H and O–H groups in total. The Morgan fingerprint density at radius 1 is 1.12 bits per heavy atom. The van der Waals surface area contributed by atoms with Crippen LogP contribution in [0.1, 0.15) is 22.8 Å². The lowest BCUT2D eigenvalue weighted by molar-refractivity contribution is -0.145. The Morgan fingerprint density at radius 3 is 2.08 bits per heavy atom. The molecule has 1 atom stereocenters. The first-order chi connectivity index (χ1) is 12.0. The number of benzene rings is 2. The molecule has 0 fully saturated rings. The smallest absolute Gasteiger partial charge is 0.349 e. The Bertz CT molecular complexity index is 750. The molecule has 0 spiro atoms. The first-order valence-electron chi connectivity index (χ1n) is 7.67. The van der Waals surface area contributed by atoms with Crippen molar-refractivity contribution in [1.29, 1.82) is 0 Å². The fraction of sp³-hybridized carbons (Fsp3) is 0.150. The highest BCUT2D eigenvalue weighted by Crippen LogP contribution is 2.34. The molecular formula is C20H19ClO4. The third-order valence-electron chi connectivity index (χ3n) is 3.59. The van der Waals surface area contributed by atoms with Crippen molar-refractivity contribution in [2.24, 2.45) is 0 Å². The molecule has 0 saturated heterocycles. The molecule has 130 valence electrons. The van der Waals surface area contributed by atoms with Crippen molar-refractivity contribution in [2.75, 3.05) is 0 Å². The molecule has 2 aromatic carbocycles. The molecule has 2 aromatic rings. The molecule has 1 unspecified atom stereocenters. The first kappa shape index (κ1) is 18.6. The summed E-state index contributed by atoms with van der Waals surface area (Å²) in [5.41, 5.74) is 1.79. The number of aromatic hydroxyl groups is 1. The van der Waals surface area contributed by atoms with Crippen LogP contribution in [0.4, 0.5) is 0 Å². The van der Waals surface area contributed by atoms with Crippen molar-refractivity contribution >= 4 is 17.6 Å². The zero-order valence-corrected chi connectivity index (χ0v) is 14.4. The monoisotopic (exact) mass is 358 g/mol. The van der Waals surface area contributed by atoms with Gasteiger partial charge in [-0.05, 0) is 37.1 Å². The topological polar surface area (TPSA) is 66.8 Å². The van der Waals surface area contributed by atoms with Crippen molar-refractivity contribution in [1.82, 2.24) is 0 Å². The van der Waals surface area contributed by atoms with Crippen molar-refractivity contribution in [2.45, 2.75) is 18.9 Å². The molecule has 0 aliphatic carbocycles. The summed E-state index contributed by atoms with van der Waals surface area (Å²) in [7, 11) is 0. The number of carboxylic acids is 1. The maximum absolute atomic E-state index is 11.7. The van der Waals surface area contributed by atoms with E-state index in [-0.39, 0.29) is 5.75 Å². The van der Waals surface area contributed by atoms with Gasteiger partial charge in [-0.3, -0.25) is 0 Å². The number of hydrogen-bond donors (Lipinski definition) is 2. The summed E-state index contributed by atoms with van der Waals surface area (Å²) in [5.74, 6) is -0.621. The number of ether oxygens (including phenoxy) is 1. The lowest BCUT2D eigenvalue weighted by Gasteiger charge is -2.21. The predicted molar refractivity (Wildman–Crippen MR) is 98.4 cm³/mol. The molecule has 0 bridgehead atoms. The van der Waals surface area contributed by atoms with Gasteiger partial charge in [0.1, 0.15) is 11.5 Å². The summed E-state index contributed by atoms with van der Waals surface area (Å²) in [6.07, 6.45) is 2.99. The first-order valence-corrected chi connectivity index (χ1v) is 8.05. The number of halogens is 1. The van der Waals surface area contributed by atoms with Gasteiger partial charge in [-0.25, -0.2) is 4.79 Å². The molecule has 0 amide bonds. The SMILES string of the molecule is C=CCc1cc(O)cc(CC=C)c1OC(C(=O)O)c1ccc(Cl)cc1. The molecule has 5 heteroatoms. The zero-order valence-electron chi connectivity index (χ0n) is 13.6. The summed E-state index contributed by atoms with van der Waals surface area (Å²) < 4.78 is 5.87. The van der Waals surface area contributed by atoms with Crippen LogP contribution in [0.5, 0.6) is 11.5 Å². The lowest BCUT2D eigenvalue weighted by atomic mass is 10.0. The minimum absolute atomic E-state index is 0.0828. The summed E-state index contributed by atoms with van der Waals surface area (Å²) >= 11 is 5.87. The van der Waals surface area contributed by atoms with Gasteiger partial charge in [-0.2, -0.15) is 0 Å². The Balaban J connectivity index is 2.50. The summed E-state index contributed by atoms with van der Waals surface area (Å²) in [4.78, 5) is 11.7. The number of phenolic OH excluding ortho intramolecular Hbond substituents is 1. The second kappa shape index (κ2) is 8.40. The quantitative estimate of drug-likeness (QED) is 0.671. The number of aliphatic carboxylic acids is 1. The minimum atomic E-state index is -1.20. The van der Waals surface area contributed by atoms with E-state index in [4.69, 9.17) is 16.3 Å². The van der Waals surface area contributed by atoms with Gasteiger partial charge < -0.3 is 14.9 Å². The molecule has 2 rings (SSSR count). The number of rotatable bonds is 8. The fourth-order valence-electron chi connectivity index (χ4n) is 2.52. The standard InChI is InChI=1S/C20H19ClO4/c1-3-5-14-11-17(22)12-15(6-4-2)18(14)25-19(20(23)24)13-7-9-16(21)10-8-13/h3-4,7-12,19,22H,1-2,5-6H2,(H,23,24). The van der Waals surface area contributed by atoms with Crippen LogP contribution < -0.4 is 4.74 Å². The van der Waals surface area contributed by atoms with Crippen molar-refractivity contribution < 1.29 is 19.7 Å². The maximum Gasteiger partial charge on any atom is 0.349 e. The summed E-state index contributed by atoms with van der Waals surface area (Å²) in [6, 6.07) is 9.54. The highest BCUT2D eigenvalue weighted by Gasteiger charge is 2.24. The van der Waals surface area contributed by atoms with E-state index in [1.165, 1.54) is 0 Å². The Labute approximate surface area is 151 Å². The van der Waals surface area contributed by atoms with Gasteiger partial charge >= 0.3 is 5.97 Å². The molecule has 0 aliphatic heterocycles. The average molecular weight is 359 g/mol. The molecular weight excluding hydrogens is 340 g/mol. The van der Waals surface area contributed by atoms with Crippen LogP contribution in [-0.4, -0.2) is 16.2 Å². The van der Waals surface area contributed by atoms with Gasteiger partial charge in [-0.15, -0.1) is 13.2 Å². The normalized spacial score (nSPS) is 11.6. The van der Waals surface area contributed by atoms with E-state index in [2.05, 4.69) is 13.2 Å². The minimum Gasteiger partial charge on any atom is -0.508 e. The number of carbonyl (C=O) groups is 1. The Kier molecular flexibility index (Phi) is 6.25. The van der Waals surface area contributed by atoms with Gasteiger partial charge in [0, 0.05) is 21.7 Å². The van der Waals surface area contributed by atoms with E-state index in [1.807, 2.05) is 0 Å². The molecule has 0 saturated carbocycles. The summed E-state index contributed by atoms with van der Waals surface area (Å²) in [5, 5.41) is 20.0. The van der Waals surface area contributed by atoms with Crippen molar-refractivity contribution in [3.63, 3.8) is 0 Å². The Morgan fingerprint density at radius 2 is 1.64 bits per heavy atom. The van der Waals surface area contributed by atoms with Crippen LogP contribution in [0.2, 0.25) is 5.02 Å². The third kappa shape index (κ3) is 4.64. The van der Waals surface area contributed by atoms with Crippen molar-refractivity contribution in [3.8, 4) is 11.5 Å². The fourth-order valence-corrected chi connectivity index (χ4v) is 2.64. The molecule has 0 aromatic heterocycles. The van der Waals surface area contributed by atoms with Crippen LogP contribution in [0.25, 0.3) is 0 Å². The summed E-state index contributed by atoms with van der Waals surface area (Å²) in [6.45, 7) is 7.39. The molecule has 0 heterocycles. The van der Waals surface area contributed by atoms with Crippen LogP contribution in [0.3, 0.4) is 0 Å². The molecule has 0 radical (unpaired) electrons. The maximum atomic E-state index is 11.7. The van der Waals surface area contributed by atoms with E-state index in [9.17, 15) is 15.0 Å². The van der Waals surface area contributed by atoms with Gasteiger partial charge in [0.15, 0.2) is 0 Å². The number of carboxylic acid groups (broad SMARTS) is 1. The second-order valence-electron chi connectivity index (χ2n) is 5.47. The van der Waals surface area contributed by atoms with E-state index >= 15 is 0 Å². The highest BCUT2D eigenvalue weighted by molar-refractivity contribution is 6.30. The predicted octanol–water partition coefficient (Wildman–Crippen LogP) is 4.71. The van der Waals surface area contributed by atoms with Crippen LogP contribution >= 0.6 is 11.6 Å². The molecule has 0 aliphatic rings. The van der Waals surface area contributed by atoms with Gasteiger partial charge in [0.05, 0.1) is 0 Å². The Hall–Kier alpha value is -2.72. The number of hydrogen-bond acceptors (Lipinski definition) is 3. The lowest BCUT2D eigenvalue weighted by Crippen LogP contribution is -2.19. The largest absolute Gasteiger partial charge is 0.508 e. The van der Waals surface area contributed by atoms with E-state index in [0.29, 0.717) is 40.3 Å². The molecule has 4 nitrogen and oxygen atoms in total.